The van der Waals surface area contributed by atoms with Crippen molar-refractivity contribution in [2.75, 3.05) is 7.11 Å². The first-order chi connectivity index (χ1) is 8.60. The lowest BCUT2D eigenvalue weighted by Gasteiger charge is -2.17. The standard InChI is InChI=1S/C15H18O3/c1-18-15(8-9-15)12-4-2-11(3-5-12)14(6-7-14)10-13(16)17/h2-5H,6-10H2,1H3,(H,16,17). The van der Waals surface area contributed by atoms with Gasteiger partial charge in [-0.25, -0.2) is 0 Å². The highest BCUT2D eigenvalue weighted by molar-refractivity contribution is 5.70. The zero-order chi connectivity index (χ0) is 12.8. The van der Waals surface area contributed by atoms with E-state index in [0.717, 1.165) is 25.7 Å². The molecule has 1 aromatic carbocycles. The maximum absolute atomic E-state index is 10.9. The largest absolute Gasteiger partial charge is 0.481 e. The van der Waals surface area contributed by atoms with Crippen molar-refractivity contribution in [3.8, 4) is 0 Å². The summed E-state index contributed by atoms with van der Waals surface area (Å²) in [6, 6.07) is 8.39. The molecule has 0 bridgehead atoms. The highest BCUT2D eigenvalue weighted by atomic mass is 16.5. The van der Waals surface area contributed by atoms with Gasteiger partial charge < -0.3 is 9.84 Å². The van der Waals surface area contributed by atoms with E-state index in [1.165, 1.54) is 11.1 Å². The van der Waals surface area contributed by atoms with Crippen molar-refractivity contribution in [1.29, 1.82) is 0 Å². The van der Waals surface area contributed by atoms with Crippen LogP contribution in [0.2, 0.25) is 0 Å². The van der Waals surface area contributed by atoms with Crippen LogP contribution in [0.25, 0.3) is 0 Å². The molecule has 0 heterocycles. The second-order valence-corrected chi connectivity index (χ2v) is 5.63. The fourth-order valence-electron chi connectivity index (χ4n) is 2.86. The lowest BCUT2D eigenvalue weighted by atomic mass is 9.91. The molecule has 3 rings (SSSR count). The van der Waals surface area contributed by atoms with Gasteiger partial charge in [0.15, 0.2) is 0 Å². The van der Waals surface area contributed by atoms with Crippen molar-refractivity contribution in [1.82, 2.24) is 0 Å². The van der Waals surface area contributed by atoms with Gasteiger partial charge in [-0.3, -0.25) is 4.79 Å². The molecule has 0 radical (unpaired) electrons. The van der Waals surface area contributed by atoms with Crippen molar-refractivity contribution in [3.05, 3.63) is 35.4 Å². The molecule has 96 valence electrons. The van der Waals surface area contributed by atoms with Crippen molar-refractivity contribution in [2.24, 2.45) is 0 Å². The Bertz CT molecular complexity index is 467. The van der Waals surface area contributed by atoms with Crippen LogP contribution < -0.4 is 0 Å². The Morgan fingerprint density at radius 2 is 1.72 bits per heavy atom. The average Bonchev–Trinajstić information content (AvgIpc) is 3.24. The summed E-state index contributed by atoms with van der Waals surface area (Å²) in [5, 5.41) is 8.96. The quantitative estimate of drug-likeness (QED) is 0.869. The molecule has 2 aliphatic rings. The Morgan fingerprint density at radius 1 is 1.17 bits per heavy atom. The first-order valence-corrected chi connectivity index (χ1v) is 6.48. The minimum atomic E-state index is -0.702. The normalized spacial score (nSPS) is 22.5. The third kappa shape index (κ3) is 1.83. The van der Waals surface area contributed by atoms with E-state index < -0.39 is 5.97 Å². The molecule has 3 heteroatoms. The van der Waals surface area contributed by atoms with Gasteiger partial charge in [-0.1, -0.05) is 24.3 Å². The van der Waals surface area contributed by atoms with E-state index in [1.54, 1.807) is 7.11 Å². The van der Waals surface area contributed by atoms with Crippen LogP contribution in [0.4, 0.5) is 0 Å². The molecule has 0 aromatic heterocycles. The fourth-order valence-corrected chi connectivity index (χ4v) is 2.86. The number of carbonyl (C=O) groups is 1. The molecule has 1 N–H and O–H groups in total. The third-order valence-corrected chi connectivity index (χ3v) is 4.46. The molecule has 2 fully saturated rings. The fraction of sp³-hybridized carbons (Fsp3) is 0.533. The van der Waals surface area contributed by atoms with Crippen LogP contribution in [0.5, 0.6) is 0 Å². The van der Waals surface area contributed by atoms with Crippen molar-refractivity contribution in [3.63, 3.8) is 0 Å². The molecular weight excluding hydrogens is 228 g/mol. The van der Waals surface area contributed by atoms with E-state index in [2.05, 4.69) is 24.3 Å². The monoisotopic (exact) mass is 246 g/mol. The van der Waals surface area contributed by atoms with Crippen LogP contribution in [0.15, 0.2) is 24.3 Å². The zero-order valence-electron chi connectivity index (χ0n) is 10.6. The summed E-state index contributed by atoms with van der Waals surface area (Å²) in [5.41, 5.74) is 2.25. The summed E-state index contributed by atoms with van der Waals surface area (Å²) in [5.74, 6) is -0.702. The smallest absolute Gasteiger partial charge is 0.304 e. The number of aliphatic carboxylic acids is 1. The lowest BCUT2D eigenvalue weighted by molar-refractivity contribution is -0.137. The second-order valence-electron chi connectivity index (χ2n) is 5.63. The number of hydrogen-bond donors (Lipinski definition) is 1. The second kappa shape index (κ2) is 3.82. The molecule has 0 spiro atoms. The van der Waals surface area contributed by atoms with Gasteiger partial charge >= 0.3 is 5.97 Å². The van der Waals surface area contributed by atoms with Gasteiger partial charge in [0.05, 0.1) is 12.0 Å². The highest BCUT2D eigenvalue weighted by Gasteiger charge is 2.47. The van der Waals surface area contributed by atoms with Crippen LogP contribution >= 0.6 is 0 Å². The van der Waals surface area contributed by atoms with E-state index in [4.69, 9.17) is 9.84 Å². The minimum Gasteiger partial charge on any atom is -0.481 e. The Hall–Kier alpha value is -1.35. The summed E-state index contributed by atoms with van der Waals surface area (Å²) in [6.45, 7) is 0. The highest BCUT2D eigenvalue weighted by Crippen LogP contribution is 2.53. The molecule has 0 atom stereocenters. The van der Waals surface area contributed by atoms with Crippen LogP contribution in [0, 0.1) is 0 Å². The van der Waals surface area contributed by atoms with Crippen LogP contribution in [0.1, 0.15) is 43.2 Å². The molecule has 3 nitrogen and oxygen atoms in total. The predicted octanol–water partition coefficient (Wildman–Crippen LogP) is 2.83. The summed E-state index contributed by atoms with van der Waals surface area (Å²) in [4.78, 5) is 10.9. The molecule has 18 heavy (non-hydrogen) atoms. The molecule has 1 aromatic rings. The number of carboxylic acids is 1. The molecule has 0 aliphatic heterocycles. The summed E-state index contributed by atoms with van der Waals surface area (Å²) in [6.07, 6.45) is 4.41. The van der Waals surface area contributed by atoms with Gasteiger partial charge in [0.25, 0.3) is 0 Å². The van der Waals surface area contributed by atoms with Gasteiger partial charge in [0.1, 0.15) is 0 Å². The van der Waals surface area contributed by atoms with E-state index in [9.17, 15) is 4.79 Å². The maximum atomic E-state index is 10.9. The average molecular weight is 246 g/mol. The van der Waals surface area contributed by atoms with Crippen molar-refractivity contribution >= 4 is 5.97 Å². The maximum Gasteiger partial charge on any atom is 0.304 e. The van der Waals surface area contributed by atoms with Crippen molar-refractivity contribution in [2.45, 2.75) is 43.1 Å². The molecular formula is C15H18O3. The molecule has 2 saturated carbocycles. The molecule has 2 aliphatic carbocycles. The number of benzene rings is 1. The van der Waals surface area contributed by atoms with E-state index in [1.807, 2.05) is 0 Å². The van der Waals surface area contributed by atoms with Gasteiger partial charge in [0, 0.05) is 12.5 Å². The predicted molar refractivity (Wildman–Crippen MR) is 67.5 cm³/mol. The number of hydrogen-bond acceptors (Lipinski definition) is 2. The Balaban J connectivity index is 1.81. The summed E-state index contributed by atoms with van der Waals surface area (Å²) >= 11 is 0. The number of methoxy groups -OCH3 is 1. The number of ether oxygens (including phenoxy) is 1. The van der Waals surface area contributed by atoms with E-state index in [-0.39, 0.29) is 17.4 Å². The van der Waals surface area contributed by atoms with Crippen molar-refractivity contribution < 1.29 is 14.6 Å². The Labute approximate surface area is 107 Å². The van der Waals surface area contributed by atoms with Gasteiger partial charge in [-0.05, 0) is 36.8 Å². The van der Waals surface area contributed by atoms with Gasteiger partial charge in [-0.15, -0.1) is 0 Å². The summed E-state index contributed by atoms with van der Waals surface area (Å²) in [7, 11) is 1.76. The zero-order valence-corrected chi connectivity index (χ0v) is 10.6. The van der Waals surface area contributed by atoms with E-state index in [0.29, 0.717) is 0 Å². The van der Waals surface area contributed by atoms with Crippen LogP contribution in [0.3, 0.4) is 0 Å². The minimum absolute atomic E-state index is 0.0535. The van der Waals surface area contributed by atoms with Crippen LogP contribution in [-0.2, 0) is 20.5 Å². The van der Waals surface area contributed by atoms with E-state index >= 15 is 0 Å². The number of rotatable bonds is 5. The first-order valence-electron chi connectivity index (χ1n) is 6.48. The lowest BCUT2D eigenvalue weighted by Crippen LogP contribution is -2.14. The molecule has 0 saturated heterocycles. The Kier molecular flexibility index (Phi) is 2.49. The summed E-state index contributed by atoms with van der Waals surface area (Å²) < 4.78 is 5.55. The third-order valence-electron chi connectivity index (χ3n) is 4.46. The topological polar surface area (TPSA) is 46.5 Å². The molecule has 0 amide bonds. The first kappa shape index (κ1) is 11.7. The van der Waals surface area contributed by atoms with Gasteiger partial charge in [0.2, 0.25) is 0 Å². The van der Waals surface area contributed by atoms with Gasteiger partial charge in [-0.2, -0.15) is 0 Å². The molecule has 0 unspecified atom stereocenters. The SMILES string of the molecule is COC1(c2ccc(C3(CC(=O)O)CC3)cc2)CC1. The number of carboxylic acid groups (broad SMARTS) is 1. The van der Waals surface area contributed by atoms with Crippen LogP contribution in [-0.4, -0.2) is 18.2 Å². The Morgan fingerprint density at radius 3 is 2.11 bits per heavy atom.